The molecule has 8 heteroatoms. The summed E-state index contributed by atoms with van der Waals surface area (Å²) < 4.78 is 1.80. The molecule has 0 saturated carbocycles. The Hall–Kier alpha value is -2.58. The molecule has 0 saturated heterocycles. The summed E-state index contributed by atoms with van der Waals surface area (Å²) in [5.41, 5.74) is 2.18. The van der Waals surface area contributed by atoms with Crippen molar-refractivity contribution in [3.8, 4) is 0 Å². The van der Waals surface area contributed by atoms with Gasteiger partial charge in [0, 0.05) is 16.3 Å². The number of thioether (sulfide) groups is 1. The minimum atomic E-state index is -0.302. The fourth-order valence-electron chi connectivity index (χ4n) is 2.94. The van der Waals surface area contributed by atoms with Gasteiger partial charge in [-0.25, -0.2) is 4.68 Å². The lowest BCUT2D eigenvalue weighted by molar-refractivity contribution is -0.113. The number of anilines is 2. The zero-order valence-electron chi connectivity index (χ0n) is 14.3. The number of nitrogens with one attached hydrogen (secondary N) is 2. The third kappa shape index (κ3) is 3.02. The minimum Gasteiger partial charge on any atom is -0.328 e. The molecule has 2 aromatic heterocycles. The van der Waals surface area contributed by atoms with E-state index in [2.05, 4.69) is 20.7 Å². The highest BCUT2D eigenvalue weighted by atomic mass is 32.2. The number of thiophene rings is 1. The number of para-hydroxylation sites is 1. The Morgan fingerprint density at radius 3 is 2.77 bits per heavy atom. The Labute approximate surface area is 159 Å². The molecule has 132 valence electrons. The predicted molar refractivity (Wildman–Crippen MR) is 106 cm³/mol. The number of fused-ring (bicyclic) bond motifs is 1. The molecule has 0 unspecified atom stereocenters. The number of carbonyl (C=O) groups excluding carboxylic acids is 1. The van der Waals surface area contributed by atoms with Crippen LogP contribution in [0.3, 0.4) is 0 Å². The number of aromatic nitrogens is 3. The number of carbonyl (C=O) groups is 1. The number of hydrogen-bond acceptors (Lipinski definition) is 6. The molecule has 2 N–H and O–H groups in total. The van der Waals surface area contributed by atoms with E-state index in [0.29, 0.717) is 16.7 Å². The molecule has 0 fully saturated rings. The van der Waals surface area contributed by atoms with Crippen molar-refractivity contribution in [3.05, 3.63) is 64.0 Å². The summed E-state index contributed by atoms with van der Waals surface area (Å²) in [5, 5.41) is 13.5. The molecule has 0 spiro atoms. The monoisotopic (exact) mass is 383 g/mol. The predicted octanol–water partition coefficient (Wildman–Crippen LogP) is 3.99. The highest BCUT2D eigenvalue weighted by Crippen LogP contribution is 2.38. The van der Waals surface area contributed by atoms with Crippen LogP contribution in [-0.2, 0) is 4.79 Å². The third-order valence-electron chi connectivity index (χ3n) is 4.10. The fourth-order valence-corrected chi connectivity index (χ4v) is 4.11. The Balaban J connectivity index is 1.77. The Morgan fingerprint density at radius 1 is 1.27 bits per heavy atom. The summed E-state index contributed by atoms with van der Waals surface area (Å²) in [6, 6.07) is 13.2. The van der Waals surface area contributed by atoms with Gasteiger partial charge in [-0.1, -0.05) is 36.0 Å². The Kier molecular flexibility index (Phi) is 4.52. The largest absolute Gasteiger partial charge is 0.328 e. The van der Waals surface area contributed by atoms with E-state index in [1.165, 1.54) is 11.8 Å². The summed E-state index contributed by atoms with van der Waals surface area (Å²) in [6.45, 7) is 1.90. The van der Waals surface area contributed by atoms with Gasteiger partial charge in [0.1, 0.15) is 6.04 Å². The van der Waals surface area contributed by atoms with Gasteiger partial charge in [-0.15, -0.1) is 16.4 Å². The molecule has 0 radical (unpaired) electrons. The number of benzene rings is 1. The zero-order chi connectivity index (χ0) is 18.1. The standard InChI is InChI=1S/C18H17N5OS2/c1-11-14(16(24)20-12-7-4-3-5-8-12)15(13-9-6-10-26-13)23-17(19-11)21-18(22-23)25-2/h3-10,15H,1-2H3,(H,20,24)(H,19,21,22)/t15-/m1/s1. The van der Waals surface area contributed by atoms with E-state index in [-0.39, 0.29) is 11.9 Å². The van der Waals surface area contributed by atoms with Crippen LogP contribution in [-0.4, -0.2) is 26.9 Å². The van der Waals surface area contributed by atoms with Gasteiger partial charge in [-0.05, 0) is 36.8 Å². The second kappa shape index (κ2) is 6.97. The highest BCUT2D eigenvalue weighted by Gasteiger charge is 2.34. The molecule has 1 aliphatic rings. The molecule has 3 aromatic rings. The van der Waals surface area contributed by atoms with Crippen LogP contribution < -0.4 is 10.6 Å². The molecular weight excluding hydrogens is 366 g/mol. The van der Waals surface area contributed by atoms with Gasteiger partial charge in [0.15, 0.2) is 0 Å². The van der Waals surface area contributed by atoms with Gasteiger partial charge in [-0.2, -0.15) is 4.98 Å². The maximum absolute atomic E-state index is 13.1. The van der Waals surface area contributed by atoms with E-state index in [9.17, 15) is 4.79 Å². The summed E-state index contributed by atoms with van der Waals surface area (Å²) in [5.74, 6) is 0.507. The van der Waals surface area contributed by atoms with Crippen LogP contribution in [0.15, 0.2) is 64.3 Å². The molecule has 6 nitrogen and oxygen atoms in total. The average molecular weight is 384 g/mol. The second-order valence-electron chi connectivity index (χ2n) is 5.77. The smallest absolute Gasteiger partial charge is 0.255 e. The molecular formula is C18H17N5OS2. The van der Waals surface area contributed by atoms with E-state index >= 15 is 0 Å². The summed E-state index contributed by atoms with van der Waals surface area (Å²) >= 11 is 3.08. The SMILES string of the molecule is CSc1nc2n(n1)[C@H](c1cccs1)C(C(=O)Nc1ccccc1)=C(C)N2. The quantitative estimate of drug-likeness (QED) is 0.667. The van der Waals surface area contributed by atoms with E-state index in [0.717, 1.165) is 16.3 Å². The van der Waals surface area contributed by atoms with Gasteiger partial charge in [-0.3, -0.25) is 4.79 Å². The van der Waals surface area contributed by atoms with Crippen LogP contribution in [0.2, 0.25) is 0 Å². The fraction of sp³-hybridized carbons (Fsp3) is 0.167. The van der Waals surface area contributed by atoms with E-state index in [4.69, 9.17) is 0 Å². The van der Waals surface area contributed by atoms with Crippen molar-refractivity contribution in [1.82, 2.24) is 14.8 Å². The molecule has 4 rings (SSSR count). The highest BCUT2D eigenvalue weighted by molar-refractivity contribution is 7.98. The number of amides is 1. The topological polar surface area (TPSA) is 71.8 Å². The van der Waals surface area contributed by atoms with Crippen molar-refractivity contribution in [2.75, 3.05) is 16.9 Å². The zero-order valence-corrected chi connectivity index (χ0v) is 15.9. The van der Waals surface area contributed by atoms with Gasteiger partial charge < -0.3 is 10.6 Å². The first-order valence-electron chi connectivity index (χ1n) is 8.05. The molecule has 26 heavy (non-hydrogen) atoms. The van der Waals surface area contributed by atoms with Gasteiger partial charge >= 0.3 is 0 Å². The van der Waals surface area contributed by atoms with Crippen molar-refractivity contribution < 1.29 is 4.79 Å². The lowest BCUT2D eigenvalue weighted by Crippen LogP contribution is -2.31. The average Bonchev–Trinajstić information content (AvgIpc) is 3.30. The van der Waals surface area contributed by atoms with Crippen LogP contribution in [0.5, 0.6) is 0 Å². The van der Waals surface area contributed by atoms with Crippen LogP contribution in [0.1, 0.15) is 17.8 Å². The molecule has 1 aromatic carbocycles. The molecule has 0 bridgehead atoms. The lowest BCUT2D eigenvalue weighted by atomic mass is 10.0. The van der Waals surface area contributed by atoms with Crippen molar-refractivity contribution in [3.63, 3.8) is 0 Å². The molecule has 1 aliphatic heterocycles. The maximum Gasteiger partial charge on any atom is 0.255 e. The summed E-state index contributed by atoms with van der Waals surface area (Å²) in [7, 11) is 0. The first-order chi connectivity index (χ1) is 12.7. The van der Waals surface area contributed by atoms with Gasteiger partial charge in [0.05, 0.1) is 5.57 Å². The lowest BCUT2D eigenvalue weighted by Gasteiger charge is -2.27. The number of nitrogens with zero attached hydrogens (tertiary/aromatic N) is 3. The normalized spacial score (nSPS) is 16.2. The number of rotatable bonds is 4. The first kappa shape index (κ1) is 16.9. The maximum atomic E-state index is 13.1. The van der Waals surface area contributed by atoms with Crippen LogP contribution in [0.25, 0.3) is 0 Å². The molecule has 1 amide bonds. The van der Waals surface area contributed by atoms with Crippen LogP contribution in [0, 0.1) is 0 Å². The third-order valence-corrected chi connectivity index (χ3v) is 5.57. The first-order valence-corrected chi connectivity index (χ1v) is 10.2. The van der Waals surface area contributed by atoms with E-state index < -0.39 is 0 Å². The van der Waals surface area contributed by atoms with Crippen molar-refractivity contribution in [1.29, 1.82) is 0 Å². The Morgan fingerprint density at radius 2 is 2.08 bits per heavy atom. The van der Waals surface area contributed by atoms with Crippen molar-refractivity contribution in [2.24, 2.45) is 0 Å². The van der Waals surface area contributed by atoms with Crippen LogP contribution in [0.4, 0.5) is 11.6 Å². The van der Waals surface area contributed by atoms with Gasteiger partial charge in [0.2, 0.25) is 11.1 Å². The van der Waals surface area contributed by atoms with E-state index in [1.54, 1.807) is 16.0 Å². The van der Waals surface area contributed by atoms with Crippen molar-refractivity contribution >= 4 is 40.6 Å². The second-order valence-corrected chi connectivity index (χ2v) is 7.52. The molecule has 3 heterocycles. The summed E-state index contributed by atoms with van der Waals surface area (Å²) in [4.78, 5) is 18.6. The molecule has 1 atom stereocenters. The number of hydrogen-bond donors (Lipinski definition) is 2. The van der Waals surface area contributed by atoms with E-state index in [1.807, 2.05) is 61.0 Å². The molecule has 0 aliphatic carbocycles. The Bertz CT molecular complexity index is 963. The van der Waals surface area contributed by atoms with Gasteiger partial charge in [0.25, 0.3) is 5.91 Å². The van der Waals surface area contributed by atoms with Crippen molar-refractivity contribution in [2.45, 2.75) is 18.1 Å². The minimum absolute atomic E-state index is 0.147. The summed E-state index contributed by atoms with van der Waals surface area (Å²) in [6.07, 6.45) is 1.94. The van der Waals surface area contributed by atoms with Crippen LogP contribution >= 0.6 is 23.1 Å². The number of allylic oxidation sites excluding steroid dienone is 1.